The van der Waals surface area contributed by atoms with Crippen molar-refractivity contribution in [2.45, 2.75) is 6.42 Å². The number of anilines is 2. The van der Waals surface area contributed by atoms with Crippen molar-refractivity contribution < 1.29 is 9.59 Å². The molecule has 1 aliphatic heterocycles. The number of rotatable bonds is 1. The normalized spacial score (nSPS) is 14.3. The second-order valence-corrected chi connectivity index (χ2v) is 4.77. The van der Waals surface area contributed by atoms with Crippen molar-refractivity contribution in [3.63, 3.8) is 0 Å². The molecule has 2 radical (unpaired) electrons. The van der Waals surface area contributed by atoms with E-state index in [4.69, 9.17) is 7.85 Å². The van der Waals surface area contributed by atoms with E-state index in [0.717, 1.165) is 0 Å². The molecule has 0 aliphatic carbocycles. The zero-order chi connectivity index (χ0) is 15.0. The average Bonchev–Trinajstić information content (AvgIpc) is 2.79. The monoisotopic (exact) mass is 281 g/mol. The maximum atomic E-state index is 12.6. The van der Waals surface area contributed by atoms with Gasteiger partial charge in [0.2, 0.25) is 5.91 Å². The Morgan fingerprint density at radius 3 is 2.95 bits per heavy atom. The molecule has 8 heteroatoms. The highest BCUT2D eigenvalue weighted by Crippen LogP contribution is 2.28. The highest BCUT2D eigenvalue weighted by atomic mass is 16.2. The number of fused-ring (bicyclic) bond motifs is 1. The van der Waals surface area contributed by atoms with Crippen molar-refractivity contribution >= 4 is 36.5 Å². The lowest BCUT2D eigenvalue weighted by molar-refractivity contribution is -0.115. The van der Waals surface area contributed by atoms with Crippen LogP contribution < -0.4 is 15.7 Å². The molecule has 2 amide bonds. The molecular weight excluding hydrogens is 269 g/mol. The Hall–Kier alpha value is -2.64. The fourth-order valence-corrected chi connectivity index (χ4v) is 2.27. The van der Waals surface area contributed by atoms with Crippen molar-refractivity contribution in [1.82, 2.24) is 15.0 Å². The van der Waals surface area contributed by atoms with Crippen LogP contribution in [0.25, 0.3) is 0 Å². The Morgan fingerprint density at radius 2 is 2.24 bits per heavy atom. The summed E-state index contributed by atoms with van der Waals surface area (Å²) in [4.78, 5) is 25.9. The van der Waals surface area contributed by atoms with Crippen LogP contribution in [0.1, 0.15) is 16.9 Å². The van der Waals surface area contributed by atoms with Gasteiger partial charge in [-0.15, -0.1) is 5.10 Å². The van der Waals surface area contributed by atoms with Crippen LogP contribution in [0.15, 0.2) is 24.4 Å². The molecule has 0 fully saturated rings. The van der Waals surface area contributed by atoms with Gasteiger partial charge in [0, 0.05) is 20.0 Å². The summed E-state index contributed by atoms with van der Waals surface area (Å²) in [5, 5.41) is 10.2. The SMILES string of the molecule is [B]c1ccc2c(c1)NC(=O)CCN2C(=O)c1cnnn1C. The average molecular weight is 281 g/mol. The number of carbonyl (C=O) groups is 2. The molecule has 1 aromatic heterocycles. The van der Waals surface area contributed by atoms with E-state index in [1.54, 1.807) is 25.2 Å². The summed E-state index contributed by atoms with van der Waals surface area (Å²) < 4.78 is 1.40. The number of hydrogen-bond donors (Lipinski definition) is 1. The van der Waals surface area contributed by atoms with Crippen molar-refractivity contribution in [3.05, 3.63) is 30.1 Å². The molecule has 1 N–H and O–H groups in total. The fourth-order valence-electron chi connectivity index (χ4n) is 2.27. The number of benzene rings is 1. The molecule has 104 valence electrons. The van der Waals surface area contributed by atoms with Crippen LogP contribution in [0.3, 0.4) is 0 Å². The summed E-state index contributed by atoms with van der Waals surface area (Å²) in [5.74, 6) is -0.412. The maximum Gasteiger partial charge on any atom is 0.278 e. The van der Waals surface area contributed by atoms with Gasteiger partial charge in [0.05, 0.1) is 17.6 Å². The molecule has 1 aromatic carbocycles. The fraction of sp³-hybridized carbons (Fsp3) is 0.231. The Bertz CT molecular complexity index is 727. The number of aromatic nitrogens is 3. The van der Waals surface area contributed by atoms with Gasteiger partial charge in [0.1, 0.15) is 13.5 Å². The molecule has 0 spiro atoms. The second-order valence-electron chi connectivity index (χ2n) is 4.77. The first-order chi connectivity index (χ1) is 10.1. The van der Waals surface area contributed by atoms with Crippen LogP contribution in [0, 0.1) is 0 Å². The van der Waals surface area contributed by atoms with Gasteiger partial charge in [0.25, 0.3) is 5.91 Å². The second kappa shape index (κ2) is 5.04. The first-order valence-electron chi connectivity index (χ1n) is 6.42. The van der Waals surface area contributed by atoms with Crippen molar-refractivity contribution in [2.24, 2.45) is 7.05 Å². The number of carbonyl (C=O) groups excluding carboxylic acids is 2. The lowest BCUT2D eigenvalue weighted by atomic mass is 9.95. The molecule has 0 bridgehead atoms. The van der Waals surface area contributed by atoms with Crippen LogP contribution >= 0.6 is 0 Å². The van der Waals surface area contributed by atoms with Crippen molar-refractivity contribution in [2.75, 3.05) is 16.8 Å². The van der Waals surface area contributed by atoms with Crippen LogP contribution in [-0.4, -0.2) is 41.2 Å². The highest BCUT2D eigenvalue weighted by Gasteiger charge is 2.26. The van der Waals surface area contributed by atoms with Gasteiger partial charge in [0.15, 0.2) is 0 Å². The predicted molar refractivity (Wildman–Crippen MR) is 77.8 cm³/mol. The van der Waals surface area contributed by atoms with E-state index in [1.807, 2.05) is 0 Å². The third-order valence-corrected chi connectivity index (χ3v) is 3.33. The first-order valence-corrected chi connectivity index (χ1v) is 6.42. The summed E-state index contributed by atoms with van der Waals surface area (Å²) in [6.45, 7) is 0.284. The van der Waals surface area contributed by atoms with Crippen molar-refractivity contribution in [3.8, 4) is 0 Å². The zero-order valence-corrected chi connectivity index (χ0v) is 11.4. The quantitative estimate of drug-likeness (QED) is 0.721. The lowest BCUT2D eigenvalue weighted by Gasteiger charge is -2.22. The van der Waals surface area contributed by atoms with Gasteiger partial charge in [-0.2, -0.15) is 0 Å². The number of hydrogen-bond acceptors (Lipinski definition) is 4. The smallest absolute Gasteiger partial charge is 0.278 e. The molecular formula is C13H12BN5O2. The number of aryl methyl sites for hydroxylation is 1. The molecule has 2 aromatic rings. The molecule has 0 saturated heterocycles. The standard InChI is InChI=1S/C13H12BN5O2/c1-18-11(7-15-17-18)13(21)19-5-4-12(20)16-9-6-8(14)2-3-10(9)19/h2-3,6-7H,4-5H2,1H3,(H,16,20). The van der Waals surface area contributed by atoms with E-state index in [9.17, 15) is 9.59 Å². The van der Waals surface area contributed by atoms with Gasteiger partial charge in [-0.1, -0.05) is 16.7 Å². The van der Waals surface area contributed by atoms with E-state index in [2.05, 4.69) is 15.6 Å². The highest BCUT2D eigenvalue weighted by molar-refractivity contribution is 6.33. The van der Waals surface area contributed by atoms with E-state index in [0.29, 0.717) is 22.5 Å². The lowest BCUT2D eigenvalue weighted by Crippen LogP contribution is -2.33. The molecule has 0 unspecified atom stereocenters. The first kappa shape index (κ1) is 13.4. The molecule has 0 saturated carbocycles. The minimum atomic E-state index is -0.259. The molecule has 21 heavy (non-hydrogen) atoms. The Balaban J connectivity index is 2.05. The molecule has 0 atom stereocenters. The van der Waals surface area contributed by atoms with Crippen LogP contribution in [0.2, 0.25) is 0 Å². The topological polar surface area (TPSA) is 80.1 Å². The Labute approximate surface area is 122 Å². The summed E-state index contributed by atoms with van der Waals surface area (Å²) in [6, 6.07) is 5.05. The number of nitrogens with zero attached hydrogens (tertiary/aromatic N) is 4. The predicted octanol–water partition coefficient (Wildman–Crippen LogP) is -0.402. The van der Waals surface area contributed by atoms with Gasteiger partial charge < -0.3 is 10.2 Å². The van der Waals surface area contributed by atoms with E-state index in [-0.39, 0.29) is 24.8 Å². The van der Waals surface area contributed by atoms with Crippen molar-refractivity contribution in [1.29, 1.82) is 0 Å². The summed E-state index contributed by atoms with van der Waals surface area (Å²) in [6.07, 6.45) is 1.62. The third-order valence-electron chi connectivity index (χ3n) is 3.33. The van der Waals surface area contributed by atoms with Gasteiger partial charge in [-0.3, -0.25) is 9.59 Å². The van der Waals surface area contributed by atoms with Gasteiger partial charge in [-0.05, 0) is 12.1 Å². The molecule has 7 nitrogen and oxygen atoms in total. The number of amides is 2. The van der Waals surface area contributed by atoms with E-state index < -0.39 is 0 Å². The van der Waals surface area contributed by atoms with E-state index in [1.165, 1.54) is 15.8 Å². The molecule has 3 rings (SSSR count). The van der Waals surface area contributed by atoms with Crippen LogP contribution in [0.4, 0.5) is 11.4 Å². The summed E-state index contributed by atoms with van der Waals surface area (Å²) >= 11 is 0. The Morgan fingerprint density at radius 1 is 1.43 bits per heavy atom. The largest absolute Gasteiger partial charge is 0.324 e. The van der Waals surface area contributed by atoms with Gasteiger partial charge >= 0.3 is 0 Å². The van der Waals surface area contributed by atoms with Gasteiger partial charge in [-0.25, -0.2) is 4.68 Å². The number of nitrogens with one attached hydrogen (secondary N) is 1. The van der Waals surface area contributed by atoms with Crippen LogP contribution in [-0.2, 0) is 11.8 Å². The minimum absolute atomic E-state index is 0.153. The maximum absolute atomic E-state index is 12.6. The van der Waals surface area contributed by atoms with E-state index >= 15 is 0 Å². The minimum Gasteiger partial charge on any atom is -0.324 e. The summed E-state index contributed by atoms with van der Waals surface area (Å²) in [5.41, 5.74) is 2.01. The molecule has 2 heterocycles. The summed E-state index contributed by atoms with van der Waals surface area (Å²) in [7, 11) is 7.38. The third kappa shape index (κ3) is 2.40. The van der Waals surface area contributed by atoms with Crippen LogP contribution in [0.5, 0.6) is 0 Å². The zero-order valence-electron chi connectivity index (χ0n) is 11.4. The molecule has 1 aliphatic rings. The Kier molecular flexibility index (Phi) is 3.21.